The van der Waals surface area contributed by atoms with Crippen LogP contribution in [0, 0.1) is 11.3 Å². The molecule has 0 saturated carbocycles. The summed E-state index contributed by atoms with van der Waals surface area (Å²) in [6.45, 7) is 0. The molecule has 1 N–H and O–H groups in total. The summed E-state index contributed by atoms with van der Waals surface area (Å²) >= 11 is 9.00. The van der Waals surface area contributed by atoms with E-state index in [-0.39, 0.29) is 17.7 Å². The summed E-state index contributed by atoms with van der Waals surface area (Å²) in [5.74, 6) is -1.16. The first kappa shape index (κ1) is 14.5. The summed E-state index contributed by atoms with van der Waals surface area (Å²) in [5.41, 5.74) is 0.342. The SMILES string of the molecule is COC(=O)c1cc(Cl)cc(Br)c1NC(=O)CC#N. The van der Waals surface area contributed by atoms with E-state index >= 15 is 0 Å². The second-order valence-corrected chi connectivity index (χ2v) is 4.48. The van der Waals surface area contributed by atoms with Crippen LogP contribution in [0.25, 0.3) is 0 Å². The number of methoxy groups -OCH3 is 1. The van der Waals surface area contributed by atoms with Crippen LogP contribution in [0.2, 0.25) is 5.02 Å². The fourth-order valence-corrected chi connectivity index (χ4v) is 2.14. The van der Waals surface area contributed by atoms with Gasteiger partial charge >= 0.3 is 5.97 Å². The van der Waals surface area contributed by atoms with Crippen LogP contribution >= 0.6 is 27.5 Å². The Morgan fingerprint density at radius 1 is 1.56 bits per heavy atom. The molecule has 0 unspecified atom stereocenters. The first-order chi connectivity index (χ1) is 8.49. The quantitative estimate of drug-likeness (QED) is 0.864. The largest absolute Gasteiger partial charge is 0.465 e. The Labute approximate surface area is 117 Å². The van der Waals surface area contributed by atoms with Gasteiger partial charge in [-0.2, -0.15) is 5.26 Å². The number of nitriles is 1. The van der Waals surface area contributed by atoms with Crippen LogP contribution in [0.15, 0.2) is 16.6 Å². The van der Waals surface area contributed by atoms with Crippen molar-refractivity contribution in [3.63, 3.8) is 0 Å². The van der Waals surface area contributed by atoms with E-state index < -0.39 is 11.9 Å². The molecule has 18 heavy (non-hydrogen) atoms. The minimum Gasteiger partial charge on any atom is -0.465 e. The third-order valence-corrected chi connectivity index (χ3v) is 2.81. The highest BCUT2D eigenvalue weighted by atomic mass is 79.9. The Kier molecular flexibility index (Phi) is 5.13. The predicted octanol–water partition coefficient (Wildman–Crippen LogP) is 2.74. The van der Waals surface area contributed by atoms with E-state index in [1.807, 2.05) is 0 Å². The molecule has 0 aliphatic carbocycles. The predicted molar refractivity (Wildman–Crippen MR) is 69.4 cm³/mol. The van der Waals surface area contributed by atoms with E-state index in [1.54, 1.807) is 6.07 Å². The first-order valence-electron chi connectivity index (χ1n) is 4.73. The lowest BCUT2D eigenvalue weighted by Crippen LogP contribution is -2.15. The number of hydrogen-bond acceptors (Lipinski definition) is 4. The number of nitrogens with one attached hydrogen (secondary N) is 1. The number of nitrogens with zero attached hydrogens (tertiary/aromatic N) is 1. The third-order valence-electron chi connectivity index (χ3n) is 1.96. The van der Waals surface area contributed by atoms with Crippen LogP contribution in [0.1, 0.15) is 16.8 Å². The number of anilines is 1. The summed E-state index contributed by atoms with van der Waals surface area (Å²) < 4.78 is 5.03. The molecule has 0 bridgehead atoms. The van der Waals surface area contributed by atoms with Gasteiger partial charge in [-0.1, -0.05) is 11.6 Å². The van der Waals surface area contributed by atoms with Gasteiger partial charge in [-0.15, -0.1) is 0 Å². The standard InChI is InChI=1S/C11H8BrClN2O3/c1-18-11(17)7-4-6(13)5-8(12)10(7)15-9(16)2-3-14/h4-5H,2H2,1H3,(H,15,16). The van der Waals surface area contributed by atoms with E-state index in [2.05, 4.69) is 26.0 Å². The molecular formula is C11H8BrClN2O3. The number of esters is 1. The lowest BCUT2D eigenvalue weighted by molar-refractivity contribution is -0.115. The number of ether oxygens (including phenoxy) is 1. The summed E-state index contributed by atoms with van der Waals surface area (Å²) in [6.07, 6.45) is -0.310. The van der Waals surface area contributed by atoms with E-state index in [9.17, 15) is 9.59 Å². The van der Waals surface area contributed by atoms with Crippen molar-refractivity contribution in [3.8, 4) is 6.07 Å². The molecule has 0 radical (unpaired) electrons. The van der Waals surface area contributed by atoms with Crippen molar-refractivity contribution < 1.29 is 14.3 Å². The fourth-order valence-electron chi connectivity index (χ4n) is 1.23. The average Bonchev–Trinajstić information content (AvgIpc) is 2.31. The van der Waals surface area contributed by atoms with E-state index in [4.69, 9.17) is 16.9 Å². The molecule has 0 aliphatic heterocycles. The number of halogens is 2. The second kappa shape index (κ2) is 6.38. The molecule has 5 nitrogen and oxygen atoms in total. The van der Waals surface area contributed by atoms with Crippen molar-refractivity contribution in [1.82, 2.24) is 0 Å². The molecule has 1 aromatic carbocycles. The molecule has 0 spiro atoms. The van der Waals surface area contributed by atoms with Gasteiger partial charge in [-0.25, -0.2) is 4.79 Å². The average molecular weight is 332 g/mol. The molecule has 0 fully saturated rings. The number of amides is 1. The van der Waals surface area contributed by atoms with Crippen molar-refractivity contribution in [2.24, 2.45) is 0 Å². The number of carbonyl (C=O) groups excluding carboxylic acids is 2. The van der Waals surface area contributed by atoms with Crippen LogP contribution < -0.4 is 5.32 Å². The molecule has 94 valence electrons. The minimum absolute atomic E-state index is 0.114. The number of rotatable bonds is 3. The maximum atomic E-state index is 11.6. The lowest BCUT2D eigenvalue weighted by atomic mass is 10.1. The Hall–Kier alpha value is -1.58. The van der Waals surface area contributed by atoms with Crippen molar-refractivity contribution >= 4 is 45.1 Å². The first-order valence-corrected chi connectivity index (χ1v) is 5.90. The van der Waals surface area contributed by atoms with E-state index in [1.165, 1.54) is 19.2 Å². The van der Waals surface area contributed by atoms with Gasteiger partial charge in [0.25, 0.3) is 0 Å². The van der Waals surface area contributed by atoms with Gasteiger partial charge in [0.2, 0.25) is 5.91 Å². The maximum Gasteiger partial charge on any atom is 0.340 e. The summed E-state index contributed by atoms with van der Waals surface area (Å²) in [5, 5.41) is 11.2. The molecule has 0 heterocycles. The Balaban J connectivity index is 3.20. The van der Waals surface area contributed by atoms with Crippen LogP contribution in [-0.2, 0) is 9.53 Å². The summed E-state index contributed by atoms with van der Waals surface area (Å²) in [6, 6.07) is 4.61. The van der Waals surface area contributed by atoms with Gasteiger partial charge in [0.05, 0.1) is 24.4 Å². The molecule has 7 heteroatoms. The highest BCUT2D eigenvalue weighted by molar-refractivity contribution is 9.10. The zero-order chi connectivity index (χ0) is 13.7. The molecule has 1 rings (SSSR count). The van der Waals surface area contributed by atoms with Crippen LogP contribution in [0.5, 0.6) is 0 Å². The van der Waals surface area contributed by atoms with Crippen LogP contribution in [0.3, 0.4) is 0 Å². The van der Waals surface area contributed by atoms with Gasteiger partial charge in [-0.05, 0) is 28.1 Å². The Morgan fingerprint density at radius 2 is 2.22 bits per heavy atom. The molecule has 0 atom stereocenters. The fraction of sp³-hybridized carbons (Fsp3) is 0.182. The van der Waals surface area contributed by atoms with Gasteiger partial charge in [0.15, 0.2) is 0 Å². The van der Waals surface area contributed by atoms with Gasteiger partial charge in [0, 0.05) is 9.50 Å². The number of benzene rings is 1. The zero-order valence-electron chi connectivity index (χ0n) is 9.29. The molecule has 0 saturated heterocycles. The Morgan fingerprint density at radius 3 is 2.78 bits per heavy atom. The highest BCUT2D eigenvalue weighted by Crippen LogP contribution is 2.31. The zero-order valence-corrected chi connectivity index (χ0v) is 11.6. The molecule has 0 aromatic heterocycles. The highest BCUT2D eigenvalue weighted by Gasteiger charge is 2.18. The number of carbonyl (C=O) groups is 2. The van der Waals surface area contributed by atoms with Gasteiger partial charge in [0.1, 0.15) is 6.42 Å². The molecule has 0 aliphatic rings. The smallest absolute Gasteiger partial charge is 0.340 e. The van der Waals surface area contributed by atoms with Crippen molar-refractivity contribution in [3.05, 3.63) is 27.2 Å². The van der Waals surface area contributed by atoms with E-state index in [0.29, 0.717) is 9.50 Å². The van der Waals surface area contributed by atoms with Crippen molar-refractivity contribution in [2.45, 2.75) is 6.42 Å². The van der Waals surface area contributed by atoms with Crippen LogP contribution in [-0.4, -0.2) is 19.0 Å². The van der Waals surface area contributed by atoms with Gasteiger partial charge in [-0.3, -0.25) is 4.79 Å². The second-order valence-electron chi connectivity index (χ2n) is 3.18. The molecule has 1 aromatic rings. The summed E-state index contributed by atoms with van der Waals surface area (Å²) in [7, 11) is 1.22. The Bertz CT molecular complexity index is 540. The maximum absolute atomic E-state index is 11.6. The van der Waals surface area contributed by atoms with E-state index in [0.717, 1.165) is 0 Å². The lowest BCUT2D eigenvalue weighted by Gasteiger charge is -2.11. The molecular weight excluding hydrogens is 323 g/mol. The van der Waals surface area contributed by atoms with Crippen LogP contribution in [0.4, 0.5) is 5.69 Å². The topological polar surface area (TPSA) is 79.2 Å². The third kappa shape index (κ3) is 3.45. The van der Waals surface area contributed by atoms with Gasteiger partial charge < -0.3 is 10.1 Å². The summed E-state index contributed by atoms with van der Waals surface area (Å²) in [4.78, 5) is 22.9. The normalized spacial score (nSPS) is 9.44. The van der Waals surface area contributed by atoms with Crippen molar-refractivity contribution in [2.75, 3.05) is 12.4 Å². The van der Waals surface area contributed by atoms with Crippen molar-refractivity contribution in [1.29, 1.82) is 5.26 Å². The monoisotopic (exact) mass is 330 g/mol. The minimum atomic E-state index is -0.634. The molecule has 1 amide bonds. The number of hydrogen-bond donors (Lipinski definition) is 1.